The van der Waals surface area contributed by atoms with Crippen LogP contribution in [0.5, 0.6) is 0 Å². The number of pyridine rings is 1. The number of amides is 1. The molecule has 0 radical (unpaired) electrons. The monoisotopic (exact) mass is 312 g/mol. The third-order valence-electron chi connectivity index (χ3n) is 4.94. The lowest BCUT2D eigenvalue weighted by Gasteiger charge is -2.42. The molecule has 22 heavy (non-hydrogen) atoms. The summed E-state index contributed by atoms with van der Waals surface area (Å²) in [6, 6.07) is 0.977. The lowest BCUT2D eigenvalue weighted by Crippen LogP contribution is -2.49. The number of hydrogen-bond acceptors (Lipinski definition) is 2. The average molecular weight is 312 g/mol. The highest BCUT2D eigenvalue weighted by atomic mass is 19.4. The van der Waals surface area contributed by atoms with E-state index in [0.29, 0.717) is 11.8 Å². The molecule has 1 aromatic rings. The van der Waals surface area contributed by atoms with Crippen molar-refractivity contribution in [3.05, 3.63) is 29.6 Å². The van der Waals surface area contributed by atoms with E-state index < -0.39 is 17.6 Å². The van der Waals surface area contributed by atoms with Gasteiger partial charge in [0.2, 0.25) is 0 Å². The van der Waals surface area contributed by atoms with Gasteiger partial charge in [0.1, 0.15) is 0 Å². The Balaban J connectivity index is 1.72. The van der Waals surface area contributed by atoms with Crippen LogP contribution in [0.3, 0.4) is 0 Å². The predicted molar refractivity (Wildman–Crippen MR) is 75.2 cm³/mol. The Morgan fingerprint density at radius 1 is 1.14 bits per heavy atom. The number of hydrogen-bond donors (Lipinski definition) is 1. The van der Waals surface area contributed by atoms with Crippen LogP contribution in [0, 0.1) is 11.8 Å². The number of alkyl halides is 3. The molecule has 2 fully saturated rings. The second-order valence-electron chi connectivity index (χ2n) is 6.34. The Labute approximate surface area is 127 Å². The minimum Gasteiger partial charge on any atom is -0.349 e. The van der Waals surface area contributed by atoms with Gasteiger partial charge in [0.05, 0.1) is 11.1 Å². The van der Waals surface area contributed by atoms with Gasteiger partial charge in [-0.25, -0.2) is 0 Å². The molecule has 0 aliphatic heterocycles. The molecule has 0 bridgehead atoms. The van der Waals surface area contributed by atoms with Gasteiger partial charge in [-0.05, 0) is 43.6 Å². The molecular weight excluding hydrogens is 293 g/mol. The van der Waals surface area contributed by atoms with Crippen molar-refractivity contribution < 1.29 is 18.0 Å². The molecule has 0 atom stereocenters. The first-order chi connectivity index (χ1) is 10.4. The highest BCUT2D eigenvalue weighted by molar-refractivity contribution is 5.94. The molecule has 2 aliphatic carbocycles. The maximum absolute atomic E-state index is 12.7. The van der Waals surface area contributed by atoms with E-state index in [9.17, 15) is 18.0 Å². The standard InChI is InChI=1S/C16H19F3N2O/c17-16(18,19)13-7-12(8-20-9-13)15(22)21-14(10-3-1-4-10)11-5-2-6-11/h7-11,14H,1-6H2,(H,21,22). The lowest BCUT2D eigenvalue weighted by molar-refractivity contribution is -0.137. The van der Waals surface area contributed by atoms with Crippen LogP contribution in [0.1, 0.15) is 54.4 Å². The van der Waals surface area contributed by atoms with Crippen molar-refractivity contribution in [1.82, 2.24) is 10.3 Å². The molecule has 2 saturated carbocycles. The molecule has 1 N–H and O–H groups in total. The van der Waals surface area contributed by atoms with Gasteiger partial charge in [-0.1, -0.05) is 12.8 Å². The van der Waals surface area contributed by atoms with Crippen molar-refractivity contribution in [2.45, 2.75) is 50.7 Å². The van der Waals surface area contributed by atoms with Crippen LogP contribution in [0.15, 0.2) is 18.5 Å². The number of carbonyl (C=O) groups is 1. The highest BCUT2D eigenvalue weighted by Gasteiger charge is 2.37. The van der Waals surface area contributed by atoms with E-state index in [2.05, 4.69) is 10.3 Å². The van der Waals surface area contributed by atoms with E-state index in [1.165, 1.54) is 19.0 Å². The molecule has 3 rings (SSSR count). The molecule has 0 aromatic carbocycles. The van der Waals surface area contributed by atoms with Gasteiger partial charge in [-0.15, -0.1) is 0 Å². The Kier molecular flexibility index (Phi) is 4.10. The number of rotatable bonds is 4. The molecular formula is C16H19F3N2O. The second-order valence-corrected chi connectivity index (χ2v) is 6.34. The van der Waals surface area contributed by atoms with Crippen molar-refractivity contribution in [3.8, 4) is 0 Å². The smallest absolute Gasteiger partial charge is 0.349 e. The van der Waals surface area contributed by atoms with Crippen molar-refractivity contribution in [3.63, 3.8) is 0 Å². The first-order valence-corrected chi connectivity index (χ1v) is 7.78. The molecule has 1 heterocycles. The van der Waals surface area contributed by atoms with Gasteiger partial charge in [0.25, 0.3) is 5.91 Å². The molecule has 3 nitrogen and oxygen atoms in total. The molecule has 120 valence electrons. The summed E-state index contributed by atoms with van der Waals surface area (Å²) in [6.07, 6.45) is 4.21. The highest BCUT2D eigenvalue weighted by Crippen LogP contribution is 2.40. The van der Waals surface area contributed by atoms with Gasteiger partial charge in [-0.2, -0.15) is 13.2 Å². The Bertz CT molecular complexity index is 537. The van der Waals surface area contributed by atoms with E-state index in [0.717, 1.165) is 37.9 Å². The molecule has 0 spiro atoms. The van der Waals surface area contributed by atoms with Gasteiger partial charge in [0.15, 0.2) is 0 Å². The summed E-state index contributed by atoms with van der Waals surface area (Å²) in [5, 5.41) is 2.97. The van der Waals surface area contributed by atoms with Gasteiger partial charge in [-0.3, -0.25) is 9.78 Å². The van der Waals surface area contributed by atoms with Gasteiger partial charge < -0.3 is 5.32 Å². The maximum Gasteiger partial charge on any atom is 0.417 e. The van der Waals surface area contributed by atoms with Crippen molar-refractivity contribution >= 4 is 5.91 Å². The summed E-state index contributed by atoms with van der Waals surface area (Å²) in [5.41, 5.74) is -0.900. The summed E-state index contributed by atoms with van der Waals surface area (Å²) in [4.78, 5) is 15.9. The number of nitrogens with one attached hydrogen (secondary N) is 1. The minimum absolute atomic E-state index is 0.0153. The van der Waals surface area contributed by atoms with E-state index >= 15 is 0 Å². The molecule has 0 unspecified atom stereocenters. The first kappa shape index (κ1) is 15.3. The summed E-state index contributed by atoms with van der Waals surface area (Å²) in [5.74, 6) is 0.517. The fraction of sp³-hybridized carbons (Fsp3) is 0.625. The van der Waals surface area contributed by atoms with Crippen LogP contribution in [0.4, 0.5) is 13.2 Å². The van der Waals surface area contributed by atoms with Gasteiger partial charge in [0, 0.05) is 18.4 Å². The van der Waals surface area contributed by atoms with Crippen LogP contribution >= 0.6 is 0 Å². The minimum atomic E-state index is -4.48. The topological polar surface area (TPSA) is 42.0 Å². The molecule has 6 heteroatoms. The summed E-state index contributed by atoms with van der Waals surface area (Å²) in [6.45, 7) is 0. The summed E-state index contributed by atoms with van der Waals surface area (Å²) < 4.78 is 38.1. The number of nitrogens with zero attached hydrogens (tertiary/aromatic N) is 1. The van der Waals surface area contributed by atoms with Crippen LogP contribution in [0.2, 0.25) is 0 Å². The Hall–Kier alpha value is -1.59. The van der Waals surface area contributed by atoms with Crippen LogP contribution in [-0.2, 0) is 6.18 Å². The summed E-state index contributed by atoms with van der Waals surface area (Å²) in [7, 11) is 0. The SMILES string of the molecule is O=C(NC(C1CCC1)C1CCC1)c1cncc(C(F)(F)F)c1. The fourth-order valence-electron chi connectivity index (χ4n) is 3.17. The zero-order chi connectivity index (χ0) is 15.7. The quantitative estimate of drug-likeness (QED) is 0.919. The normalized spacial score (nSPS) is 19.6. The third kappa shape index (κ3) is 3.10. The zero-order valence-electron chi connectivity index (χ0n) is 12.2. The number of carbonyl (C=O) groups excluding carboxylic acids is 1. The molecule has 0 saturated heterocycles. The second kappa shape index (κ2) is 5.89. The van der Waals surface area contributed by atoms with E-state index in [-0.39, 0.29) is 11.6 Å². The van der Waals surface area contributed by atoms with Crippen LogP contribution in [-0.4, -0.2) is 16.9 Å². The van der Waals surface area contributed by atoms with E-state index in [4.69, 9.17) is 0 Å². The zero-order valence-corrected chi connectivity index (χ0v) is 12.2. The number of aromatic nitrogens is 1. The van der Waals surface area contributed by atoms with Crippen molar-refractivity contribution in [1.29, 1.82) is 0 Å². The Morgan fingerprint density at radius 3 is 2.18 bits per heavy atom. The van der Waals surface area contributed by atoms with Crippen LogP contribution in [0.25, 0.3) is 0 Å². The lowest BCUT2D eigenvalue weighted by atomic mass is 9.68. The maximum atomic E-state index is 12.7. The largest absolute Gasteiger partial charge is 0.417 e. The fourth-order valence-corrected chi connectivity index (χ4v) is 3.17. The van der Waals surface area contributed by atoms with Gasteiger partial charge >= 0.3 is 6.18 Å². The average Bonchev–Trinajstić information content (AvgIpc) is 2.33. The summed E-state index contributed by atoms with van der Waals surface area (Å²) >= 11 is 0. The van der Waals surface area contributed by atoms with Crippen LogP contribution < -0.4 is 5.32 Å². The molecule has 1 amide bonds. The van der Waals surface area contributed by atoms with Crippen molar-refractivity contribution in [2.24, 2.45) is 11.8 Å². The first-order valence-electron chi connectivity index (χ1n) is 7.78. The molecule has 2 aliphatic rings. The predicted octanol–water partition coefficient (Wildman–Crippen LogP) is 3.80. The number of halogens is 3. The Morgan fingerprint density at radius 2 is 1.73 bits per heavy atom. The van der Waals surface area contributed by atoms with E-state index in [1.54, 1.807) is 0 Å². The van der Waals surface area contributed by atoms with E-state index in [1.807, 2.05) is 0 Å². The van der Waals surface area contributed by atoms with Crippen molar-refractivity contribution in [2.75, 3.05) is 0 Å². The third-order valence-corrected chi connectivity index (χ3v) is 4.94. The molecule has 1 aromatic heterocycles.